The average Bonchev–Trinajstić information content (AvgIpc) is 3.56. The Bertz CT molecular complexity index is 1330. The van der Waals surface area contributed by atoms with Crippen molar-refractivity contribution >= 4 is 23.5 Å². The van der Waals surface area contributed by atoms with Crippen LogP contribution in [0.3, 0.4) is 0 Å². The summed E-state index contributed by atoms with van der Waals surface area (Å²) in [7, 11) is 1.70. The lowest BCUT2D eigenvalue weighted by molar-refractivity contribution is 0.412. The van der Waals surface area contributed by atoms with Crippen LogP contribution in [0.5, 0.6) is 5.75 Å². The first-order valence-electron chi connectivity index (χ1n) is 12.8. The Balaban J connectivity index is 1.38. The molecular weight excluding hydrogens is 420 g/mol. The van der Waals surface area contributed by atoms with Gasteiger partial charge in [0.2, 0.25) is 0 Å². The van der Waals surface area contributed by atoms with E-state index in [1.165, 1.54) is 63.5 Å². The average molecular weight is 459 g/mol. The summed E-state index contributed by atoms with van der Waals surface area (Å²) in [5, 5.41) is 3.84. The third kappa shape index (κ3) is 6.22. The minimum atomic E-state index is 0.745. The maximum absolute atomic E-state index is 5.92. The largest absolute Gasteiger partial charge is 0.494 e. The summed E-state index contributed by atoms with van der Waals surface area (Å²) in [5.41, 5.74) is 9.92. The molecule has 1 aromatic carbocycles. The number of nitrogens with one attached hydrogen (secondary N) is 2. The summed E-state index contributed by atoms with van der Waals surface area (Å²) in [6.45, 7) is 2.27. The smallest absolute Gasteiger partial charge is 0.144 e. The van der Waals surface area contributed by atoms with Crippen LogP contribution in [-0.2, 0) is 6.42 Å². The third-order valence-corrected chi connectivity index (χ3v) is 6.51. The zero-order valence-corrected chi connectivity index (χ0v) is 20.6. The Morgan fingerprint density at radius 1 is 0.912 bits per heavy atom. The molecule has 0 atom stereocenters. The topological polar surface area (TPSA) is 79.2 Å². The van der Waals surface area contributed by atoms with E-state index in [1.54, 1.807) is 7.11 Å². The molecule has 3 aromatic rings. The molecule has 5 nitrogen and oxygen atoms in total. The van der Waals surface area contributed by atoms with Crippen LogP contribution in [0.15, 0.2) is 41.4 Å². The van der Waals surface area contributed by atoms with Crippen molar-refractivity contribution in [2.24, 2.45) is 4.99 Å². The fourth-order valence-corrected chi connectivity index (χ4v) is 4.57. The van der Waals surface area contributed by atoms with E-state index in [9.17, 15) is 0 Å². The fraction of sp³-hybridized carbons (Fsp3) is 0.414. The number of unbranched alkanes of at least 4 members (excludes halogenated alkanes) is 8. The maximum atomic E-state index is 5.92. The second kappa shape index (κ2) is 11.8. The quantitative estimate of drug-likeness (QED) is 0.283. The van der Waals surface area contributed by atoms with E-state index in [4.69, 9.17) is 15.5 Å². The number of benzene rings is 1. The highest BCUT2D eigenvalue weighted by Gasteiger charge is 2.06. The molecule has 0 aliphatic carbocycles. The van der Waals surface area contributed by atoms with Crippen LogP contribution >= 0.6 is 0 Å². The minimum absolute atomic E-state index is 0.745. The second-order valence-electron chi connectivity index (χ2n) is 9.29. The Labute approximate surface area is 202 Å². The standard InChI is InChI=1S/C29H38N4O/c1-3-4-5-6-7-8-9-10-11-12-23-14-15-24(31-23)19-28-29(34-2)20-27(33-28)26-18-21-17-22(30)13-16-25(21)32-26/h13-20,31,33H,3-12,30H2,1-2H3. The molecule has 3 heterocycles. The Hall–Kier alpha value is -3.21. The first kappa shape index (κ1) is 23.9. The van der Waals surface area contributed by atoms with Crippen molar-refractivity contribution in [3.63, 3.8) is 0 Å². The third-order valence-electron chi connectivity index (χ3n) is 6.51. The number of anilines is 1. The first-order chi connectivity index (χ1) is 16.7. The van der Waals surface area contributed by atoms with Gasteiger partial charge in [0.15, 0.2) is 0 Å². The summed E-state index contributed by atoms with van der Waals surface area (Å²) in [4.78, 5) is 11.8. The van der Waals surface area contributed by atoms with Gasteiger partial charge in [0.25, 0.3) is 0 Å². The number of aromatic nitrogens is 2. The number of H-pyrrole nitrogens is 2. The summed E-state index contributed by atoms with van der Waals surface area (Å²) in [6, 6.07) is 12.1. The molecule has 0 spiro atoms. The molecule has 0 amide bonds. The molecule has 0 fully saturated rings. The molecule has 2 aromatic heterocycles. The zero-order valence-electron chi connectivity index (χ0n) is 20.6. The van der Waals surface area contributed by atoms with Gasteiger partial charge >= 0.3 is 0 Å². The highest BCUT2D eigenvalue weighted by molar-refractivity contribution is 5.77. The van der Waals surface area contributed by atoms with Crippen LogP contribution in [0.25, 0.3) is 17.8 Å². The van der Waals surface area contributed by atoms with Gasteiger partial charge in [-0.1, -0.05) is 58.3 Å². The summed E-state index contributed by atoms with van der Waals surface area (Å²) in [6.07, 6.45) is 17.5. The van der Waals surface area contributed by atoms with Crippen LogP contribution in [0.1, 0.15) is 76.1 Å². The maximum Gasteiger partial charge on any atom is 0.144 e. The van der Waals surface area contributed by atoms with Crippen molar-refractivity contribution in [3.8, 4) is 5.75 Å². The molecule has 1 aliphatic heterocycles. The number of nitrogen functional groups attached to an aromatic ring is 1. The number of ether oxygens (including phenoxy) is 1. The fourth-order valence-electron chi connectivity index (χ4n) is 4.57. The molecule has 0 saturated heterocycles. The molecule has 34 heavy (non-hydrogen) atoms. The van der Waals surface area contributed by atoms with E-state index < -0.39 is 0 Å². The van der Waals surface area contributed by atoms with Crippen LogP contribution in [0.4, 0.5) is 5.69 Å². The van der Waals surface area contributed by atoms with Crippen molar-refractivity contribution in [3.05, 3.63) is 69.1 Å². The summed E-state index contributed by atoms with van der Waals surface area (Å²) >= 11 is 0. The number of fused-ring (bicyclic) bond motifs is 1. The molecular formula is C29H38N4O. The lowest BCUT2D eigenvalue weighted by Crippen LogP contribution is -2.20. The molecule has 0 unspecified atom stereocenters. The van der Waals surface area contributed by atoms with Gasteiger partial charge in [-0.05, 0) is 55.3 Å². The lowest BCUT2D eigenvalue weighted by atomic mass is 10.1. The molecule has 0 saturated carbocycles. The van der Waals surface area contributed by atoms with Crippen molar-refractivity contribution in [2.45, 2.75) is 71.1 Å². The Kier molecular flexibility index (Phi) is 8.29. The number of rotatable bonds is 12. The zero-order chi connectivity index (χ0) is 23.8. The predicted octanol–water partition coefficient (Wildman–Crippen LogP) is 4.06. The van der Waals surface area contributed by atoms with Crippen molar-refractivity contribution in [1.82, 2.24) is 9.97 Å². The van der Waals surface area contributed by atoms with Crippen LogP contribution in [-0.4, -0.2) is 17.1 Å². The van der Waals surface area contributed by atoms with E-state index in [0.717, 1.165) is 50.5 Å². The van der Waals surface area contributed by atoms with Gasteiger partial charge in [0, 0.05) is 28.4 Å². The SMILES string of the molecule is CCCCCCCCCCCc1ccc(C=c2[nH]c(=C3C=c4cc(N)ccc4=N3)cc2OC)[nH]1. The number of hydrogen-bond donors (Lipinski definition) is 3. The summed E-state index contributed by atoms with van der Waals surface area (Å²) < 4.78 is 5.63. The van der Waals surface area contributed by atoms with Crippen molar-refractivity contribution in [1.29, 1.82) is 0 Å². The molecule has 0 bridgehead atoms. The van der Waals surface area contributed by atoms with Crippen molar-refractivity contribution < 1.29 is 4.74 Å². The van der Waals surface area contributed by atoms with E-state index in [2.05, 4.69) is 41.2 Å². The van der Waals surface area contributed by atoms with Crippen LogP contribution in [0, 0.1) is 0 Å². The second-order valence-corrected chi connectivity index (χ2v) is 9.29. The van der Waals surface area contributed by atoms with Gasteiger partial charge in [-0.2, -0.15) is 0 Å². The Morgan fingerprint density at radius 3 is 2.44 bits per heavy atom. The van der Waals surface area contributed by atoms with E-state index in [-0.39, 0.29) is 0 Å². The number of hydrogen-bond acceptors (Lipinski definition) is 3. The number of methoxy groups -OCH3 is 1. The lowest BCUT2D eigenvalue weighted by Gasteiger charge is -2.01. The molecule has 180 valence electrons. The Morgan fingerprint density at radius 2 is 1.68 bits per heavy atom. The number of nitrogens with zero attached hydrogens (tertiary/aromatic N) is 1. The van der Waals surface area contributed by atoms with Crippen LogP contribution < -0.4 is 31.7 Å². The van der Waals surface area contributed by atoms with E-state index in [1.807, 2.05) is 24.3 Å². The minimum Gasteiger partial charge on any atom is -0.494 e. The summed E-state index contributed by atoms with van der Waals surface area (Å²) in [5.74, 6) is 0.802. The van der Waals surface area contributed by atoms with E-state index >= 15 is 0 Å². The van der Waals surface area contributed by atoms with E-state index in [0.29, 0.717) is 0 Å². The number of nitrogens with two attached hydrogens (primary N) is 1. The first-order valence-corrected chi connectivity index (χ1v) is 12.8. The molecule has 4 rings (SSSR count). The van der Waals surface area contributed by atoms with Gasteiger partial charge in [0.1, 0.15) is 5.75 Å². The normalized spacial score (nSPS) is 14.7. The van der Waals surface area contributed by atoms with Gasteiger partial charge in [-0.15, -0.1) is 0 Å². The van der Waals surface area contributed by atoms with Gasteiger partial charge < -0.3 is 20.4 Å². The molecule has 0 radical (unpaired) electrons. The van der Waals surface area contributed by atoms with Gasteiger partial charge in [-0.25, -0.2) is 4.99 Å². The molecule has 5 heteroatoms. The number of aryl methyl sites for hydroxylation is 1. The monoisotopic (exact) mass is 458 g/mol. The van der Waals surface area contributed by atoms with Crippen molar-refractivity contribution in [2.75, 3.05) is 12.8 Å². The molecule has 1 aliphatic rings. The van der Waals surface area contributed by atoms with Gasteiger partial charge in [0.05, 0.1) is 28.9 Å². The molecule has 4 N–H and O–H groups in total. The van der Waals surface area contributed by atoms with Crippen LogP contribution in [0.2, 0.25) is 0 Å². The highest BCUT2D eigenvalue weighted by atomic mass is 16.5. The highest BCUT2D eigenvalue weighted by Crippen LogP contribution is 2.12. The van der Waals surface area contributed by atoms with Gasteiger partial charge in [-0.3, -0.25) is 0 Å². The number of aromatic amines is 2. The predicted molar refractivity (Wildman–Crippen MR) is 141 cm³/mol.